The van der Waals surface area contributed by atoms with Gasteiger partial charge in [-0.05, 0) is 29.3 Å². The van der Waals surface area contributed by atoms with Gasteiger partial charge in [0.15, 0.2) is 0 Å². The summed E-state index contributed by atoms with van der Waals surface area (Å²) >= 11 is 2.33. The van der Waals surface area contributed by atoms with Crippen LogP contribution in [-0.2, 0) is 14.3 Å². The van der Waals surface area contributed by atoms with E-state index in [2.05, 4.69) is 5.32 Å². The van der Waals surface area contributed by atoms with Gasteiger partial charge in [0, 0.05) is 18.5 Å². The number of amides is 3. The molecule has 0 atom stereocenters. The number of methoxy groups -OCH3 is 1. The van der Waals surface area contributed by atoms with E-state index in [0.29, 0.717) is 18.1 Å². The highest BCUT2D eigenvalue weighted by Gasteiger charge is 2.36. The quantitative estimate of drug-likeness (QED) is 0.634. The molecule has 6 nitrogen and oxygen atoms in total. The highest BCUT2D eigenvalue weighted by molar-refractivity contribution is 8.18. The molecule has 3 amide bonds. The van der Waals surface area contributed by atoms with Crippen LogP contribution >= 0.6 is 23.1 Å². The summed E-state index contributed by atoms with van der Waals surface area (Å²) in [6.07, 6.45) is 1.67. The van der Waals surface area contributed by atoms with Gasteiger partial charge in [0.1, 0.15) is 6.54 Å². The third-order valence-corrected chi connectivity index (χ3v) is 4.35. The molecule has 21 heavy (non-hydrogen) atoms. The van der Waals surface area contributed by atoms with E-state index in [0.717, 1.165) is 21.5 Å². The van der Waals surface area contributed by atoms with E-state index in [-0.39, 0.29) is 12.5 Å². The largest absolute Gasteiger partial charge is 0.383 e. The smallest absolute Gasteiger partial charge is 0.294 e. The van der Waals surface area contributed by atoms with Crippen molar-refractivity contribution in [2.45, 2.75) is 0 Å². The van der Waals surface area contributed by atoms with E-state index >= 15 is 0 Å². The Bertz CT molecular complexity index is 569. The lowest BCUT2D eigenvalue weighted by Crippen LogP contribution is -2.40. The van der Waals surface area contributed by atoms with Gasteiger partial charge in [-0.2, -0.15) is 0 Å². The van der Waals surface area contributed by atoms with Crippen LogP contribution in [0.5, 0.6) is 0 Å². The lowest BCUT2D eigenvalue weighted by Gasteiger charge is -2.12. The van der Waals surface area contributed by atoms with Crippen molar-refractivity contribution < 1.29 is 19.1 Å². The van der Waals surface area contributed by atoms with Gasteiger partial charge in [0.05, 0.1) is 11.5 Å². The number of carbonyl (C=O) groups excluding carboxylic acids is 3. The second-order valence-electron chi connectivity index (χ2n) is 4.13. The standard InChI is InChI=1S/C13H14N2O4S2/c1-19-5-4-14-11(16)8-15-12(17)10(21-13(15)18)7-9-3-2-6-20-9/h2-3,6-7H,4-5,8H2,1H3,(H,14,16)/b10-7-. The molecule has 0 aliphatic carbocycles. The Kier molecular flexibility index (Phi) is 5.54. The first-order chi connectivity index (χ1) is 10.1. The Morgan fingerprint density at radius 3 is 2.95 bits per heavy atom. The molecule has 0 radical (unpaired) electrons. The van der Waals surface area contributed by atoms with Crippen molar-refractivity contribution in [2.24, 2.45) is 0 Å². The highest BCUT2D eigenvalue weighted by atomic mass is 32.2. The molecule has 0 spiro atoms. The van der Waals surface area contributed by atoms with Crippen LogP contribution in [0, 0.1) is 0 Å². The van der Waals surface area contributed by atoms with E-state index in [1.165, 1.54) is 18.4 Å². The minimum atomic E-state index is -0.430. The summed E-state index contributed by atoms with van der Waals surface area (Å²) in [5.41, 5.74) is 0. The molecule has 1 aliphatic heterocycles. The van der Waals surface area contributed by atoms with E-state index < -0.39 is 11.1 Å². The fourth-order valence-electron chi connectivity index (χ4n) is 1.63. The van der Waals surface area contributed by atoms with Crippen LogP contribution in [-0.4, -0.2) is 48.8 Å². The normalized spacial score (nSPS) is 16.8. The van der Waals surface area contributed by atoms with E-state index in [1.807, 2.05) is 17.5 Å². The molecule has 2 heterocycles. The average Bonchev–Trinajstić information content (AvgIpc) is 3.04. The third-order valence-electron chi connectivity index (χ3n) is 2.62. The summed E-state index contributed by atoms with van der Waals surface area (Å²) < 4.78 is 4.81. The molecule has 0 bridgehead atoms. The fourth-order valence-corrected chi connectivity index (χ4v) is 3.19. The number of imide groups is 1. The van der Waals surface area contributed by atoms with Crippen molar-refractivity contribution >= 4 is 46.2 Å². The molecule has 2 rings (SSSR count). The summed E-state index contributed by atoms with van der Waals surface area (Å²) in [6, 6.07) is 3.72. The predicted molar refractivity (Wildman–Crippen MR) is 81.9 cm³/mol. The minimum absolute atomic E-state index is 0.268. The molecule has 1 aromatic rings. The second-order valence-corrected chi connectivity index (χ2v) is 6.10. The van der Waals surface area contributed by atoms with Crippen LogP contribution in [0.1, 0.15) is 4.88 Å². The van der Waals surface area contributed by atoms with Gasteiger partial charge in [0.2, 0.25) is 5.91 Å². The highest BCUT2D eigenvalue weighted by Crippen LogP contribution is 2.32. The van der Waals surface area contributed by atoms with Crippen LogP contribution < -0.4 is 5.32 Å². The summed E-state index contributed by atoms with van der Waals surface area (Å²) in [5, 5.41) is 4.04. The Balaban J connectivity index is 1.97. The van der Waals surface area contributed by atoms with Crippen molar-refractivity contribution in [3.63, 3.8) is 0 Å². The molecule has 1 fully saturated rings. The van der Waals surface area contributed by atoms with Gasteiger partial charge < -0.3 is 10.1 Å². The maximum Gasteiger partial charge on any atom is 0.294 e. The van der Waals surface area contributed by atoms with Crippen molar-refractivity contribution in [1.82, 2.24) is 10.2 Å². The number of hydrogen-bond acceptors (Lipinski definition) is 6. The molecule has 0 saturated carbocycles. The number of nitrogens with one attached hydrogen (secondary N) is 1. The second kappa shape index (κ2) is 7.39. The van der Waals surface area contributed by atoms with Crippen molar-refractivity contribution in [1.29, 1.82) is 0 Å². The number of thiophene rings is 1. The molecule has 1 saturated heterocycles. The topological polar surface area (TPSA) is 75.7 Å². The fraction of sp³-hybridized carbons (Fsp3) is 0.308. The van der Waals surface area contributed by atoms with Gasteiger partial charge in [0.25, 0.3) is 11.1 Å². The van der Waals surface area contributed by atoms with Crippen molar-refractivity contribution in [3.05, 3.63) is 27.3 Å². The first-order valence-electron chi connectivity index (χ1n) is 6.16. The lowest BCUT2D eigenvalue weighted by atomic mass is 10.3. The number of nitrogens with zero attached hydrogens (tertiary/aromatic N) is 1. The molecular weight excluding hydrogens is 312 g/mol. The number of thioether (sulfide) groups is 1. The van der Waals surface area contributed by atoms with Gasteiger partial charge in [-0.15, -0.1) is 11.3 Å². The van der Waals surface area contributed by atoms with Crippen LogP contribution in [0.2, 0.25) is 0 Å². The SMILES string of the molecule is COCCNC(=O)CN1C(=O)S/C(=C\c2cccs2)C1=O. The average molecular weight is 326 g/mol. The zero-order valence-electron chi connectivity index (χ0n) is 11.3. The molecule has 112 valence electrons. The number of rotatable bonds is 6. The molecule has 1 aliphatic rings. The molecule has 0 aromatic carbocycles. The maximum atomic E-state index is 12.1. The van der Waals surface area contributed by atoms with Gasteiger partial charge in [-0.3, -0.25) is 19.3 Å². The van der Waals surface area contributed by atoms with Gasteiger partial charge in [-0.25, -0.2) is 0 Å². The van der Waals surface area contributed by atoms with Crippen LogP contribution in [0.25, 0.3) is 6.08 Å². The molecule has 8 heteroatoms. The first-order valence-corrected chi connectivity index (χ1v) is 7.86. The van der Waals surface area contributed by atoms with E-state index in [1.54, 1.807) is 6.08 Å². The predicted octanol–water partition coefficient (Wildman–Crippen LogP) is 1.55. The summed E-state index contributed by atoms with van der Waals surface area (Å²) in [4.78, 5) is 37.8. The Hall–Kier alpha value is -1.64. The maximum absolute atomic E-state index is 12.1. The van der Waals surface area contributed by atoms with Crippen molar-refractivity contribution in [3.8, 4) is 0 Å². The molecule has 0 unspecified atom stereocenters. The lowest BCUT2D eigenvalue weighted by molar-refractivity contribution is -0.129. The molecular formula is C13H14N2O4S2. The summed E-state index contributed by atoms with van der Waals surface area (Å²) in [5.74, 6) is -0.813. The van der Waals surface area contributed by atoms with E-state index in [9.17, 15) is 14.4 Å². The Morgan fingerprint density at radius 1 is 1.48 bits per heavy atom. The Morgan fingerprint density at radius 2 is 2.29 bits per heavy atom. The van der Waals surface area contributed by atoms with E-state index in [4.69, 9.17) is 4.74 Å². The summed E-state index contributed by atoms with van der Waals surface area (Å²) in [7, 11) is 1.53. The van der Waals surface area contributed by atoms with Gasteiger partial charge in [-0.1, -0.05) is 6.07 Å². The molecule has 1 aromatic heterocycles. The van der Waals surface area contributed by atoms with Crippen LogP contribution in [0.3, 0.4) is 0 Å². The number of hydrogen-bond donors (Lipinski definition) is 1. The van der Waals surface area contributed by atoms with Crippen molar-refractivity contribution in [2.75, 3.05) is 26.8 Å². The number of ether oxygens (including phenoxy) is 1. The zero-order valence-corrected chi connectivity index (χ0v) is 13.0. The monoisotopic (exact) mass is 326 g/mol. The number of carbonyl (C=O) groups is 3. The third kappa shape index (κ3) is 4.16. The van der Waals surface area contributed by atoms with Crippen LogP contribution in [0.4, 0.5) is 4.79 Å². The Labute approximate surface area is 130 Å². The van der Waals surface area contributed by atoms with Crippen LogP contribution in [0.15, 0.2) is 22.4 Å². The first kappa shape index (κ1) is 15.7. The van der Waals surface area contributed by atoms with Gasteiger partial charge >= 0.3 is 0 Å². The summed E-state index contributed by atoms with van der Waals surface area (Å²) in [6.45, 7) is 0.457. The molecule has 1 N–H and O–H groups in total. The zero-order chi connectivity index (χ0) is 15.2. The minimum Gasteiger partial charge on any atom is -0.383 e.